The monoisotopic (exact) mass is 203 g/mol. The van der Waals surface area contributed by atoms with Crippen LogP contribution >= 0.6 is 11.8 Å². The van der Waals surface area contributed by atoms with E-state index in [2.05, 4.69) is 5.32 Å². The van der Waals surface area contributed by atoms with Crippen LogP contribution in [0.1, 0.15) is 6.42 Å². The standard InChI is InChI=1S/C8H13NO3S/c1-13-3-2-9-7(10)5-4-6(5)8(11)12/h5-6H,2-4H2,1H3,(H,9,10)(H,11,12). The van der Waals surface area contributed by atoms with Gasteiger partial charge in [0, 0.05) is 12.3 Å². The molecule has 0 radical (unpaired) electrons. The fourth-order valence-corrected chi connectivity index (χ4v) is 1.47. The first-order valence-electron chi connectivity index (χ1n) is 4.16. The number of hydrogen-bond acceptors (Lipinski definition) is 3. The predicted octanol–water partition coefficient (Wildman–Crippen LogP) is 0.186. The highest BCUT2D eigenvalue weighted by Crippen LogP contribution is 2.38. The number of aliphatic carboxylic acids is 1. The van der Waals surface area contributed by atoms with Gasteiger partial charge >= 0.3 is 5.97 Å². The maximum absolute atomic E-state index is 11.2. The van der Waals surface area contributed by atoms with Crippen LogP contribution in [0.5, 0.6) is 0 Å². The van der Waals surface area contributed by atoms with Crippen LogP contribution in [0.4, 0.5) is 0 Å². The van der Waals surface area contributed by atoms with Crippen molar-refractivity contribution >= 4 is 23.6 Å². The van der Waals surface area contributed by atoms with Gasteiger partial charge in [0.05, 0.1) is 11.8 Å². The highest BCUT2D eigenvalue weighted by molar-refractivity contribution is 7.98. The van der Waals surface area contributed by atoms with Gasteiger partial charge in [-0.25, -0.2) is 0 Å². The molecule has 13 heavy (non-hydrogen) atoms. The van der Waals surface area contributed by atoms with Gasteiger partial charge in [-0.1, -0.05) is 0 Å². The molecule has 1 aliphatic carbocycles. The molecule has 0 bridgehead atoms. The number of carboxylic acid groups (broad SMARTS) is 1. The Morgan fingerprint density at radius 1 is 1.54 bits per heavy atom. The van der Waals surface area contributed by atoms with Crippen LogP contribution in [-0.2, 0) is 9.59 Å². The molecule has 0 aromatic rings. The van der Waals surface area contributed by atoms with Crippen molar-refractivity contribution in [3.8, 4) is 0 Å². The number of nitrogens with one attached hydrogen (secondary N) is 1. The van der Waals surface area contributed by atoms with E-state index in [1.807, 2.05) is 6.26 Å². The van der Waals surface area contributed by atoms with Gasteiger partial charge in [-0.3, -0.25) is 9.59 Å². The summed E-state index contributed by atoms with van der Waals surface area (Å²) in [5, 5.41) is 11.3. The average Bonchev–Trinajstić information content (AvgIpc) is 2.83. The zero-order valence-electron chi connectivity index (χ0n) is 7.45. The number of amides is 1. The summed E-state index contributed by atoms with van der Waals surface area (Å²) in [5.74, 6) is -0.809. The van der Waals surface area contributed by atoms with Crippen molar-refractivity contribution in [3.05, 3.63) is 0 Å². The second-order valence-corrected chi connectivity index (χ2v) is 4.06. The van der Waals surface area contributed by atoms with Crippen LogP contribution in [0.15, 0.2) is 0 Å². The number of rotatable bonds is 5. The lowest BCUT2D eigenvalue weighted by Gasteiger charge is -2.01. The molecule has 2 atom stereocenters. The summed E-state index contributed by atoms with van der Waals surface area (Å²) in [5.41, 5.74) is 0. The Hall–Kier alpha value is -0.710. The van der Waals surface area contributed by atoms with Crippen LogP contribution < -0.4 is 5.32 Å². The minimum absolute atomic E-state index is 0.110. The van der Waals surface area contributed by atoms with Crippen molar-refractivity contribution in [2.75, 3.05) is 18.6 Å². The molecule has 0 spiro atoms. The van der Waals surface area contributed by atoms with E-state index in [0.29, 0.717) is 13.0 Å². The Labute approximate surface area is 81.1 Å². The fourth-order valence-electron chi connectivity index (χ4n) is 1.17. The molecule has 0 saturated heterocycles. The second-order valence-electron chi connectivity index (χ2n) is 3.07. The van der Waals surface area contributed by atoms with E-state index < -0.39 is 11.9 Å². The molecule has 5 heteroatoms. The summed E-state index contributed by atoms with van der Waals surface area (Å²) in [6.07, 6.45) is 2.46. The molecule has 0 aromatic carbocycles. The van der Waals surface area contributed by atoms with Crippen LogP contribution in [0, 0.1) is 11.8 Å². The molecule has 1 saturated carbocycles. The topological polar surface area (TPSA) is 66.4 Å². The van der Waals surface area contributed by atoms with Crippen molar-refractivity contribution in [2.24, 2.45) is 11.8 Å². The summed E-state index contributed by atoms with van der Waals surface area (Å²) >= 11 is 1.65. The highest BCUT2D eigenvalue weighted by atomic mass is 32.2. The molecule has 0 aliphatic heterocycles. The van der Waals surface area contributed by atoms with Crippen molar-refractivity contribution in [2.45, 2.75) is 6.42 Å². The van der Waals surface area contributed by atoms with E-state index in [1.165, 1.54) is 0 Å². The minimum atomic E-state index is -0.856. The number of hydrogen-bond donors (Lipinski definition) is 2. The Kier molecular flexibility index (Phi) is 3.59. The second kappa shape index (κ2) is 4.50. The fraction of sp³-hybridized carbons (Fsp3) is 0.750. The summed E-state index contributed by atoms with van der Waals surface area (Å²) in [6.45, 7) is 0.628. The van der Waals surface area contributed by atoms with Crippen LogP contribution in [0.25, 0.3) is 0 Å². The summed E-state index contributed by atoms with van der Waals surface area (Å²) in [4.78, 5) is 21.6. The first-order chi connectivity index (χ1) is 6.16. The third kappa shape index (κ3) is 2.91. The number of thioether (sulfide) groups is 1. The number of carbonyl (C=O) groups excluding carboxylic acids is 1. The maximum Gasteiger partial charge on any atom is 0.307 e. The Balaban J connectivity index is 2.16. The first-order valence-corrected chi connectivity index (χ1v) is 5.55. The normalized spacial score (nSPS) is 25.3. The Bertz CT molecular complexity index is 219. The first kappa shape index (κ1) is 10.4. The zero-order chi connectivity index (χ0) is 9.84. The minimum Gasteiger partial charge on any atom is -0.481 e. The van der Waals surface area contributed by atoms with E-state index in [0.717, 1.165) is 5.75 Å². The van der Waals surface area contributed by atoms with Gasteiger partial charge in [0.1, 0.15) is 0 Å². The highest BCUT2D eigenvalue weighted by Gasteiger charge is 2.48. The van der Waals surface area contributed by atoms with Gasteiger partial charge in [0.2, 0.25) is 5.91 Å². The lowest BCUT2D eigenvalue weighted by atomic mass is 10.3. The number of carboxylic acids is 1. The van der Waals surface area contributed by atoms with Gasteiger partial charge in [-0.2, -0.15) is 11.8 Å². The van der Waals surface area contributed by atoms with Crippen molar-refractivity contribution < 1.29 is 14.7 Å². The third-order valence-electron chi connectivity index (χ3n) is 2.05. The van der Waals surface area contributed by atoms with E-state index in [1.54, 1.807) is 11.8 Å². The summed E-state index contributed by atoms with van der Waals surface area (Å²) < 4.78 is 0. The lowest BCUT2D eigenvalue weighted by Crippen LogP contribution is -2.28. The molecular formula is C8H13NO3S. The Morgan fingerprint density at radius 3 is 2.69 bits per heavy atom. The van der Waals surface area contributed by atoms with E-state index in [9.17, 15) is 9.59 Å². The molecule has 2 unspecified atom stereocenters. The van der Waals surface area contributed by atoms with Crippen LogP contribution in [-0.4, -0.2) is 35.5 Å². The van der Waals surface area contributed by atoms with Gasteiger partial charge in [0.25, 0.3) is 0 Å². The van der Waals surface area contributed by atoms with Crippen LogP contribution in [0.3, 0.4) is 0 Å². The van der Waals surface area contributed by atoms with Gasteiger partial charge in [-0.15, -0.1) is 0 Å². The SMILES string of the molecule is CSCCNC(=O)C1CC1C(=O)O. The van der Waals surface area contributed by atoms with Gasteiger partial charge < -0.3 is 10.4 Å². The van der Waals surface area contributed by atoms with Crippen LogP contribution in [0.2, 0.25) is 0 Å². The van der Waals surface area contributed by atoms with E-state index in [4.69, 9.17) is 5.11 Å². The van der Waals surface area contributed by atoms with Crippen molar-refractivity contribution in [3.63, 3.8) is 0 Å². The van der Waals surface area contributed by atoms with E-state index >= 15 is 0 Å². The van der Waals surface area contributed by atoms with Gasteiger partial charge in [-0.05, 0) is 12.7 Å². The maximum atomic E-state index is 11.2. The molecule has 0 aromatic heterocycles. The molecule has 1 fully saturated rings. The predicted molar refractivity (Wildman–Crippen MR) is 50.6 cm³/mol. The quantitative estimate of drug-likeness (QED) is 0.626. The zero-order valence-corrected chi connectivity index (χ0v) is 8.26. The van der Waals surface area contributed by atoms with Crippen molar-refractivity contribution in [1.29, 1.82) is 0 Å². The summed E-state index contributed by atoms with van der Waals surface area (Å²) in [7, 11) is 0. The smallest absolute Gasteiger partial charge is 0.307 e. The summed E-state index contributed by atoms with van der Waals surface area (Å²) in [6, 6.07) is 0. The van der Waals surface area contributed by atoms with Gasteiger partial charge in [0.15, 0.2) is 0 Å². The molecule has 1 amide bonds. The molecule has 74 valence electrons. The molecular weight excluding hydrogens is 190 g/mol. The molecule has 0 heterocycles. The van der Waals surface area contributed by atoms with Crippen molar-refractivity contribution in [1.82, 2.24) is 5.32 Å². The molecule has 4 nitrogen and oxygen atoms in total. The molecule has 1 aliphatic rings. The largest absolute Gasteiger partial charge is 0.481 e. The molecule has 2 N–H and O–H groups in total. The lowest BCUT2D eigenvalue weighted by molar-refractivity contribution is -0.140. The third-order valence-corrected chi connectivity index (χ3v) is 2.66. The molecule has 1 rings (SSSR count). The Morgan fingerprint density at radius 2 is 2.23 bits per heavy atom. The van der Waals surface area contributed by atoms with E-state index in [-0.39, 0.29) is 11.8 Å². The average molecular weight is 203 g/mol. The number of carbonyl (C=O) groups is 2.